The third-order valence-electron chi connectivity index (χ3n) is 8.13. The van der Waals surface area contributed by atoms with Crippen molar-refractivity contribution >= 4 is 24.8 Å². The van der Waals surface area contributed by atoms with Gasteiger partial charge in [-0.1, -0.05) is 76.9 Å². The van der Waals surface area contributed by atoms with Crippen LogP contribution in [-0.2, 0) is 40.5 Å². The fourth-order valence-corrected chi connectivity index (χ4v) is 6.00. The molecule has 0 bridgehead atoms. The Morgan fingerprint density at radius 3 is 1.39 bits per heavy atom. The Balaban J connectivity index is 0.000000270. The van der Waals surface area contributed by atoms with Crippen molar-refractivity contribution in [2.45, 2.75) is 85.0 Å². The van der Waals surface area contributed by atoms with Crippen LogP contribution in [0.15, 0.2) is 115 Å². The monoisotopic (exact) mass is 724 g/mol. The first-order valence-electron chi connectivity index (χ1n) is 15.8. The molecule has 0 amide bonds. The van der Waals surface area contributed by atoms with Crippen molar-refractivity contribution < 1.29 is 49.0 Å². The van der Waals surface area contributed by atoms with Crippen LogP contribution in [0.1, 0.15) is 96.6 Å². The topological polar surface area (TPSA) is 0 Å². The fourth-order valence-electron chi connectivity index (χ4n) is 5.18. The number of benzene rings is 4. The molecule has 0 atom stereocenters. The molecule has 0 spiro atoms. The van der Waals surface area contributed by atoms with Crippen LogP contribution in [0.4, 0.5) is 0 Å². The van der Waals surface area contributed by atoms with Crippen LogP contribution in [0.2, 0.25) is 0 Å². The molecule has 0 unspecified atom stereocenters. The Bertz CT molecular complexity index is 1690. The average molecular weight is 727 g/mol. The van der Waals surface area contributed by atoms with E-state index in [1.165, 1.54) is 76.8 Å². The summed E-state index contributed by atoms with van der Waals surface area (Å²) in [7, 11) is 0. The van der Waals surface area contributed by atoms with Crippen LogP contribution in [0, 0.1) is 6.08 Å². The van der Waals surface area contributed by atoms with Gasteiger partial charge in [0.2, 0.25) is 0 Å². The Hall–Kier alpha value is -2.44. The van der Waals surface area contributed by atoms with E-state index < -0.39 is 0 Å². The van der Waals surface area contributed by atoms with E-state index in [1.807, 2.05) is 12.2 Å². The zero-order chi connectivity index (χ0) is 32.1. The maximum absolute atomic E-state index is 2.99. The van der Waals surface area contributed by atoms with Gasteiger partial charge in [0.1, 0.15) is 0 Å². The smallest absolute Gasteiger partial charge is 0.0145 e. The Kier molecular flexibility index (Phi) is 14.3. The van der Waals surface area contributed by atoms with Gasteiger partial charge in [-0.25, -0.2) is 12.2 Å². The fraction of sp³-hybridized carbons (Fsp3) is 0.302. The Morgan fingerprint density at radius 1 is 0.587 bits per heavy atom. The second-order valence-electron chi connectivity index (χ2n) is 14.8. The molecule has 240 valence electrons. The minimum absolute atomic E-state index is 0. The predicted molar refractivity (Wildman–Crippen MR) is 191 cm³/mol. The molecule has 0 heterocycles. The zero-order valence-corrected chi connectivity index (χ0v) is 32.9. The molecular weight excluding hydrogens is 679 g/mol. The van der Waals surface area contributed by atoms with Crippen LogP contribution in [0.3, 0.4) is 0 Å². The van der Waals surface area contributed by atoms with Gasteiger partial charge in [-0.15, -0.1) is 46.2 Å². The van der Waals surface area contributed by atoms with Crippen molar-refractivity contribution in [3.8, 4) is 0 Å². The summed E-state index contributed by atoms with van der Waals surface area (Å²) >= 11 is 1.46. The Labute approximate surface area is 305 Å². The van der Waals surface area contributed by atoms with Gasteiger partial charge in [-0.3, -0.25) is 6.08 Å². The summed E-state index contributed by atoms with van der Waals surface area (Å²) in [5.41, 5.74) is 7.49. The molecule has 1 aliphatic rings. The van der Waals surface area contributed by atoms with Crippen LogP contribution in [0.25, 0.3) is 21.5 Å². The van der Waals surface area contributed by atoms with E-state index in [4.69, 9.17) is 0 Å². The summed E-state index contributed by atoms with van der Waals surface area (Å²) in [6.07, 6.45) is 10.0. The summed E-state index contributed by atoms with van der Waals surface area (Å²) in [5.74, 6) is 0. The van der Waals surface area contributed by atoms with Gasteiger partial charge in [-0.05, 0) is 10.8 Å². The maximum Gasteiger partial charge on any atom is -0.0145 e. The summed E-state index contributed by atoms with van der Waals surface area (Å²) in [4.78, 5) is 0. The Morgan fingerprint density at radius 2 is 1.02 bits per heavy atom. The first-order valence-corrected chi connectivity index (χ1v) is 17.0. The van der Waals surface area contributed by atoms with Gasteiger partial charge < -0.3 is 24.8 Å². The molecule has 1 aliphatic carbocycles. The third kappa shape index (κ3) is 10.5. The van der Waals surface area contributed by atoms with Crippen molar-refractivity contribution in [1.82, 2.24) is 0 Å². The van der Waals surface area contributed by atoms with Gasteiger partial charge >= 0.3 is 125 Å². The summed E-state index contributed by atoms with van der Waals surface area (Å²) in [5, 5.41) is 5.49. The molecular formula is C43H48Cl2Zr-2. The molecule has 0 N–H and O–H groups in total. The molecule has 6 rings (SSSR count). The summed E-state index contributed by atoms with van der Waals surface area (Å²) in [6, 6.07) is 35.8. The molecule has 46 heavy (non-hydrogen) atoms. The van der Waals surface area contributed by atoms with Crippen LogP contribution >= 0.6 is 0 Å². The first kappa shape index (κ1) is 39.7. The largest absolute Gasteiger partial charge is 1.00 e. The van der Waals surface area contributed by atoms with Gasteiger partial charge in [0, 0.05) is 0 Å². The predicted octanol–water partition coefficient (Wildman–Crippen LogP) is 5.72. The first-order chi connectivity index (χ1) is 20.6. The quantitative estimate of drug-likeness (QED) is 0.205. The molecule has 0 radical (unpaired) electrons. The van der Waals surface area contributed by atoms with Gasteiger partial charge in [0.25, 0.3) is 0 Å². The number of allylic oxidation sites excluding steroid dienone is 4. The van der Waals surface area contributed by atoms with E-state index in [2.05, 4.69) is 172 Å². The minimum Gasteiger partial charge on any atom is -1.00 e. The van der Waals surface area contributed by atoms with Gasteiger partial charge in [-0.2, -0.15) is 6.08 Å². The maximum atomic E-state index is 2.99. The molecule has 0 fully saturated rings. The number of hydrogen-bond acceptors (Lipinski definition) is 0. The standard InChI is InChI=1S/C21H25.C17H18.C5H5.2ClH.Zr/c1-20(2,3)16-9-7-14-11-15-8-10-17(21(4,5)6)13-19(15)18(14)12-16;1-17(2,3)16-11-9-15(10-12-16)13-14-7-5-4-6-8-14;1-2-4-5-3-1;;;/h7-13H,1-6H3;4-12H,1-3H3;1-3H,4H2;2*1H;/q-1;;-1;;;+2/p-2. The van der Waals surface area contributed by atoms with Crippen molar-refractivity contribution in [3.05, 3.63) is 149 Å². The van der Waals surface area contributed by atoms with Gasteiger partial charge in [0.05, 0.1) is 0 Å². The van der Waals surface area contributed by atoms with Crippen molar-refractivity contribution in [1.29, 1.82) is 0 Å². The summed E-state index contributed by atoms with van der Waals surface area (Å²) in [6.45, 7) is 20.4. The second-order valence-corrected chi connectivity index (χ2v) is 16.0. The van der Waals surface area contributed by atoms with Crippen LogP contribution in [-0.4, -0.2) is 3.21 Å². The molecule has 0 aromatic heterocycles. The second kappa shape index (κ2) is 16.6. The molecule has 0 nitrogen and oxygen atoms in total. The molecule has 5 aromatic rings. The van der Waals surface area contributed by atoms with Gasteiger partial charge in [0.15, 0.2) is 0 Å². The molecule has 0 saturated carbocycles. The minimum atomic E-state index is 0. The SMILES string of the molecule is CC(C)(C)c1ccc([C](=[Zr+2])c2ccccc2)cc1.CC(C)(C)c1ccc2[cH-]c3ccc(C(C)(C)C)cc3c2c1.[C-]1=CC=CC1.[Cl-].[Cl-]. The molecule has 0 saturated heterocycles. The van der Waals surface area contributed by atoms with E-state index in [0.717, 1.165) is 6.42 Å². The van der Waals surface area contributed by atoms with Crippen molar-refractivity contribution in [2.24, 2.45) is 0 Å². The molecule has 5 aromatic carbocycles. The molecule has 0 aliphatic heterocycles. The number of halogens is 2. The van der Waals surface area contributed by atoms with E-state index in [0.29, 0.717) is 0 Å². The van der Waals surface area contributed by atoms with Crippen molar-refractivity contribution in [2.75, 3.05) is 0 Å². The van der Waals surface area contributed by atoms with Crippen LogP contribution < -0.4 is 24.8 Å². The molecule has 3 heteroatoms. The van der Waals surface area contributed by atoms with E-state index in [1.54, 1.807) is 0 Å². The van der Waals surface area contributed by atoms with E-state index >= 15 is 0 Å². The number of fused-ring (bicyclic) bond motifs is 3. The zero-order valence-electron chi connectivity index (χ0n) is 28.9. The van der Waals surface area contributed by atoms with E-state index in [-0.39, 0.29) is 41.1 Å². The van der Waals surface area contributed by atoms with E-state index in [9.17, 15) is 0 Å². The number of hydrogen-bond donors (Lipinski definition) is 0. The normalized spacial score (nSPS) is 12.4. The average Bonchev–Trinajstić information content (AvgIpc) is 3.68. The van der Waals surface area contributed by atoms with Crippen molar-refractivity contribution in [3.63, 3.8) is 0 Å². The van der Waals surface area contributed by atoms with Crippen LogP contribution in [0.5, 0.6) is 0 Å². The third-order valence-corrected chi connectivity index (χ3v) is 9.55. The summed E-state index contributed by atoms with van der Waals surface area (Å²) < 4.78 is 1.42. The number of rotatable bonds is 2.